The van der Waals surface area contributed by atoms with Gasteiger partial charge in [0.25, 0.3) is 0 Å². The number of hydrogen-bond acceptors (Lipinski definition) is 3. The van der Waals surface area contributed by atoms with Gasteiger partial charge in [-0.05, 0) is 17.7 Å². The summed E-state index contributed by atoms with van der Waals surface area (Å²) < 4.78 is 37.6. The third-order valence-corrected chi connectivity index (χ3v) is 2.93. The molecule has 0 aliphatic carbocycles. The van der Waals surface area contributed by atoms with E-state index >= 15 is 0 Å². The van der Waals surface area contributed by atoms with Crippen molar-refractivity contribution in [1.29, 1.82) is 0 Å². The number of pyridine rings is 2. The van der Waals surface area contributed by atoms with Gasteiger partial charge in [0.1, 0.15) is 5.82 Å². The van der Waals surface area contributed by atoms with E-state index in [1.807, 2.05) is 6.07 Å². The van der Waals surface area contributed by atoms with Crippen LogP contribution in [0.3, 0.4) is 0 Å². The van der Waals surface area contributed by atoms with Crippen LogP contribution in [-0.2, 0) is 12.7 Å². The lowest BCUT2D eigenvalue weighted by Gasteiger charge is -2.20. The summed E-state index contributed by atoms with van der Waals surface area (Å²) in [7, 11) is 1.70. The van der Waals surface area contributed by atoms with E-state index in [9.17, 15) is 13.2 Å². The Morgan fingerprint density at radius 2 is 2.05 bits per heavy atom. The maximum atomic E-state index is 12.5. The quantitative estimate of drug-likeness (QED) is 0.864. The van der Waals surface area contributed by atoms with Crippen molar-refractivity contribution in [2.45, 2.75) is 12.7 Å². The fraction of sp³-hybridized carbons (Fsp3) is 0.231. The van der Waals surface area contributed by atoms with Gasteiger partial charge in [0.2, 0.25) is 0 Å². The lowest BCUT2D eigenvalue weighted by molar-refractivity contribution is -0.137. The minimum absolute atomic E-state index is 0.0359. The molecule has 2 aromatic heterocycles. The van der Waals surface area contributed by atoms with Crippen molar-refractivity contribution in [2.24, 2.45) is 0 Å². The summed E-state index contributed by atoms with van der Waals surface area (Å²) in [5.74, 6) is 0.295. The third-order valence-electron chi connectivity index (χ3n) is 2.65. The minimum atomic E-state index is -4.45. The van der Waals surface area contributed by atoms with Crippen molar-refractivity contribution >= 4 is 17.4 Å². The molecule has 0 aromatic carbocycles. The number of hydrogen-bond donors (Lipinski definition) is 0. The van der Waals surface area contributed by atoms with E-state index in [1.54, 1.807) is 30.4 Å². The van der Waals surface area contributed by atoms with Crippen molar-refractivity contribution in [3.05, 3.63) is 52.9 Å². The Bertz CT molecular complexity index is 587. The average Bonchev–Trinajstić information content (AvgIpc) is 2.38. The molecule has 0 saturated heterocycles. The molecule has 7 heteroatoms. The third kappa shape index (κ3) is 3.39. The molecule has 2 heterocycles. The summed E-state index contributed by atoms with van der Waals surface area (Å²) in [4.78, 5) is 9.43. The van der Waals surface area contributed by atoms with Crippen LogP contribution in [0, 0.1) is 0 Å². The van der Waals surface area contributed by atoms with E-state index in [-0.39, 0.29) is 5.02 Å². The molecule has 0 atom stereocenters. The molecule has 0 amide bonds. The van der Waals surface area contributed by atoms with E-state index in [0.717, 1.165) is 17.8 Å². The van der Waals surface area contributed by atoms with Crippen LogP contribution in [0.2, 0.25) is 5.02 Å². The highest BCUT2D eigenvalue weighted by atomic mass is 35.5. The molecule has 3 nitrogen and oxygen atoms in total. The fourth-order valence-corrected chi connectivity index (χ4v) is 2.02. The molecule has 0 radical (unpaired) electrons. The predicted molar refractivity (Wildman–Crippen MR) is 70.6 cm³/mol. The molecule has 2 rings (SSSR count). The van der Waals surface area contributed by atoms with E-state index in [2.05, 4.69) is 9.97 Å². The maximum absolute atomic E-state index is 12.5. The minimum Gasteiger partial charge on any atom is -0.354 e. The van der Waals surface area contributed by atoms with Gasteiger partial charge in [-0.25, -0.2) is 4.98 Å². The maximum Gasteiger partial charge on any atom is 0.417 e. The summed E-state index contributed by atoms with van der Waals surface area (Å²) in [5, 5.41) is -0.0359. The van der Waals surface area contributed by atoms with Crippen molar-refractivity contribution in [2.75, 3.05) is 11.9 Å². The van der Waals surface area contributed by atoms with Gasteiger partial charge in [-0.1, -0.05) is 17.7 Å². The summed E-state index contributed by atoms with van der Waals surface area (Å²) in [5.41, 5.74) is 0.0498. The molecule has 0 unspecified atom stereocenters. The zero-order valence-corrected chi connectivity index (χ0v) is 11.3. The average molecular weight is 302 g/mol. The molecule has 20 heavy (non-hydrogen) atoms. The molecule has 0 saturated carbocycles. The molecule has 0 bridgehead atoms. The van der Waals surface area contributed by atoms with E-state index in [1.165, 1.54) is 0 Å². The number of aromatic nitrogens is 2. The normalized spacial score (nSPS) is 11.4. The fourth-order valence-electron chi connectivity index (χ4n) is 1.71. The second-order valence-corrected chi connectivity index (χ2v) is 4.65. The standard InChI is InChI=1S/C13H11ClF3N3/c1-20(8-9-3-2-4-18-6-9)12-11(14)5-10(7-19-12)13(15,16)17/h2-7H,8H2,1H3. The molecule has 0 N–H and O–H groups in total. The molecule has 0 spiro atoms. The Hall–Kier alpha value is -1.82. The van der Waals surface area contributed by atoms with Gasteiger partial charge in [0, 0.05) is 32.2 Å². The van der Waals surface area contributed by atoms with Crippen LogP contribution >= 0.6 is 11.6 Å². The van der Waals surface area contributed by atoms with Gasteiger partial charge in [0.05, 0.1) is 10.6 Å². The van der Waals surface area contributed by atoms with E-state index in [0.29, 0.717) is 12.4 Å². The topological polar surface area (TPSA) is 29.0 Å². The van der Waals surface area contributed by atoms with Crippen LogP contribution < -0.4 is 4.90 Å². The zero-order chi connectivity index (χ0) is 14.8. The molecule has 2 aromatic rings. The van der Waals surface area contributed by atoms with Crippen LogP contribution in [-0.4, -0.2) is 17.0 Å². The number of anilines is 1. The summed E-state index contributed by atoms with van der Waals surface area (Å²) in [6, 6.07) is 4.52. The first-order valence-corrected chi connectivity index (χ1v) is 6.08. The largest absolute Gasteiger partial charge is 0.417 e. The number of halogens is 4. The smallest absolute Gasteiger partial charge is 0.354 e. The monoisotopic (exact) mass is 301 g/mol. The lowest BCUT2D eigenvalue weighted by atomic mass is 10.2. The van der Waals surface area contributed by atoms with Crippen LogP contribution in [0.4, 0.5) is 19.0 Å². The van der Waals surface area contributed by atoms with E-state index < -0.39 is 11.7 Å². The van der Waals surface area contributed by atoms with Crippen LogP contribution in [0.5, 0.6) is 0 Å². The first-order chi connectivity index (χ1) is 9.38. The number of alkyl halides is 3. The Morgan fingerprint density at radius 3 is 2.60 bits per heavy atom. The highest BCUT2D eigenvalue weighted by Gasteiger charge is 2.31. The molecule has 0 fully saturated rings. The van der Waals surface area contributed by atoms with Crippen molar-refractivity contribution in [3.63, 3.8) is 0 Å². The first kappa shape index (κ1) is 14.6. The highest BCUT2D eigenvalue weighted by Crippen LogP contribution is 2.33. The number of nitrogens with zero attached hydrogens (tertiary/aromatic N) is 3. The van der Waals surface area contributed by atoms with Crippen molar-refractivity contribution in [1.82, 2.24) is 9.97 Å². The summed E-state index contributed by atoms with van der Waals surface area (Å²) >= 11 is 5.88. The second kappa shape index (κ2) is 5.66. The highest BCUT2D eigenvalue weighted by molar-refractivity contribution is 6.33. The SMILES string of the molecule is CN(Cc1cccnc1)c1ncc(C(F)(F)F)cc1Cl. The molecule has 0 aliphatic rings. The second-order valence-electron chi connectivity index (χ2n) is 4.24. The van der Waals surface area contributed by atoms with Gasteiger partial charge in [-0.2, -0.15) is 13.2 Å². The van der Waals surface area contributed by atoms with Crippen LogP contribution in [0.15, 0.2) is 36.8 Å². The molecule has 0 aliphatic heterocycles. The van der Waals surface area contributed by atoms with Gasteiger partial charge < -0.3 is 4.90 Å². The van der Waals surface area contributed by atoms with E-state index in [4.69, 9.17) is 11.6 Å². The zero-order valence-electron chi connectivity index (χ0n) is 10.5. The molecular formula is C13H11ClF3N3. The number of rotatable bonds is 3. The van der Waals surface area contributed by atoms with Crippen molar-refractivity contribution in [3.8, 4) is 0 Å². The first-order valence-electron chi connectivity index (χ1n) is 5.70. The van der Waals surface area contributed by atoms with Gasteiger partial charge in [-0.3, -0.25) is 4.98 Å². The Morgan fingerprint density at radius 1 is 1.30 bits per heavy atom. The van der Waals surface area contributed by atoms with Gasteiger partial charge in [0.15, 0.2) is 0 Å². The van der Waals surface area contributed by atoms with Crippen LogP contribution in [0.25, 0.3) is 0 Å². The Balaban J connectivity index is 2.21. The predicted octanol–water partition coefficient (Wildman–Crippen LogP) is 3.79. The van der Waals surface area contributed by atoms with Crippen molar-refractivity contribution < 1.29 is 13.2 Å². The molecule has 106 valence electrons. The summed E-state index contributed by atoms with van der Waals surface area (Å²) in [6.07, 6.45) is -0.348. The Kier molecular flexibility index (Phi) is 4.13. The van der Waals surface area contributed by atoms with Gasteiger partial charge >= 0.3 is 6.18 Å². The Labute approximate surface area is 119 Å². The van der Waals surface area contributed by atoms with Crippen LogP contribution in [0.1, 0.15) is 11.1 Å². The molecular weight excluding hydrogens is 291 g/mol. The summed E-state index contributed by atoms with van der Waals surface area (Å²) in [6.45, 7) is 0.450. The lowest BCUT2D eigenvalue weighted by Crippen LogP contribution is -2.19. The van der Waals surface area contributed by atoms with Gasteiger partial charge in [-0.15, -0.1) is 0 Å².